The molecule has 0 N–H and O–H groups in total. The van der Waals surface area contributed by atoms with Gasteiger partial charge in [-0.15, -0.1) is 22.9 Å². The predicted molar refractivity (Wildman–Crippen MR) is 107 cm³/mol. The molecule has 1 aliphatic rings. The number of thiophene rings is 1. The minimum Gasteiger partial charge on any atom is -0.335 e. The van der Waals surface area contributed by atoms with E-state index in [9.17, 15) is 9.59 Å². The van der Waals surface area contributed by atoms with Crippen molar-refractivity contribution < 1.29 is 9.59 Å². The van der Waals surface area contributed by atoms with Crippen LogP contribution in [0.5, 0.6) is 0 Å². The Hall–Kier alpha value is -1.79. The molecule has 2 aromatic rings. The van der Waals surface area contributed by atoms with Crippen LogP contribution in [0.1, 0.15) is 31.3 Å². The first kappa shape index (κ1) is 19.0. The van der Waals surface area contributed by atoms with Gasteiger partial charge in [0, 0.05) is 37.6 Å². The van der Waals surface area contributed by atoms with Crippen LogP contribution in [0.3, 0.4) is 0 Å². The van der Waals surface area contributed by atoms with Crippen molar-refractivity contribution in [2.75, 3.05) is 19.6 Å². The molecule has 0 aromatic carbocycles. The van der Waals surface area contributed by atoms with Crippen molar-refractivity contribution in [1.82, 2.24) is 14.4 Å². The van der Waals surface area contributed by atoms with Crippen molar-refractivity contribution in [2.45, 2.75) is 38.7 Å². The van der Waals surface area contributed by atoms with E-state index in [1.807, 2.05) is 42.3 Å². The monoisotopic (exact) mass is 393 g/mol. The number of carbonyl (C=O) groups excluding carboxylic acids is 2. The molecule has 7 heteroatoms. The summed E-state index contributed by atoms with van der Waals surface area (Å²) in [6.45, 7) is 7.89. The molecule has 2 aromatic heterocycles. The molecular weight excluding hydrogens is 370 g/mol. The highest BCUT2D eigenvalue weighted by atomic mass is 35.5. The van der Waals surface area contributed by atoms with E-state index in [-0.39, 0.29) is 17.9 Å². The number of nitrogens with zero attached hydrogens (tertiary/aromatic N) is 3. The fraction of sp³-hybridized carbons (Fsp3) is 0.474. The smallest absolute Gasteiger partial charge is 0.270 e. The van der Waals surface area contributed by atoms with Gasteiger partial charge in [0.25, 0.3) is 5.91 Å². The van der Waals surface area contributed by atoms with Crippen LogP contribution in [0.4, 0.5) is 0 Å². The molecule has 2 amide bonds. The average molecular weight is 394 g/mol. The Morgan fingerprint density at radius 3 is 2.85 bits per heavy atom. The van der Waals surface area contributed by atoms with Crippen molar-refractivity contribution in [3.63, 3.8) is 0 Å². The van der Waals surface area contributed by atoms with E-state index >= 15 is 0 Å². The zero-order chi connectivity index (χ0) is 18.8. The van der Waals surface area contributed by atoms with Crippen LogP contribution in [-0.2, 0) is 11.3 Å². The van der Waals surface area contributed by atoms with Crippen molar-refractivity contribution in [2.24, 2.45) is 0 Å². The number of piperazine rings is 1. The van der Waals surface area contributed by atoms with Gasteiger partial charge in [0.15, 0.2) is 0 Å². The van der Waals surface area contributed by atoms with E-state index in [4.69, 9.17) is 11.6 Å². The summed E-state index contributed by atoms with van der Waals surface area (Å²) in [5, 5.41) is 2.61. The van der Waals surface area contributed by atoms with Gasteiger partial charge in [0.05, 0.1) is 0 Å². The fourth-order valence-electron chi connectivity index (χ4n) is 3.40. The summed E-state index contributed by atoms with van der Waals surface area (Å²) in [7, 11) is 0. The second kappa shape index (κ2) is 7.84. The second-order valence-corrected chi connectivity index (χ2v) is 8.19. The van der Waals surface area contributed by atoms with Crippen LogP contribution in [0, 0.1) is 0 Å². The molecule has 0 aliphatic carbocycles. The fourth-order valence-corrected chi connectivity index (χ4v) is 4.44. The Morgan fingerprint density at radius 2 is 2.19 bits per heavy atom. The zero-order valence-electron chi connectivity index (χ0n) is 15.3. The molecule has 1 fully saturated rings. The lowest BCUT2D eigenvalue weighted by molar-refractivity contribution is -0.134. The van der Waals surface area contributed by atoms with Crippen LogP contribution in [-0.4, -0.2) is 57.2 Å². The molecule has 2 atom stereocenters. The largest absolute Gasteiger partial charge is 0.335 e. The molecule has 1 saturated heterocycles. The summed E-state index contributed by atoms with van der Waals surface area (Å²) in [6.07, 6.45) is 4.05. The minimum absolute atomic E-state index is 0.0239. The molecule has 1 aliphatic heterocycles. The maximum atomic E-state index is 13.2. The molecule has 0 bridgehead atoms. The third-order valence-electron chi connectivity index (χ3n) is 4.78. The van der Waals surface area contributed by atoms with Gasteiger partial charge in [-0.25, -0.2) is 0 Å². The van der Waals surface area contributed by atoms with Crippen molar-refractivity contribution >= 4 is 45.0 Å². The molecule has 0 spiro atoms. The first-order valence-corrected chi connectivity index (χ1v) is 10.2. The van der Waals surface area contributed by atoms with Crippen molar-refractivity contribution in [3.8, 4) is 0 Å². The molecule has 0 radical (unpaired) electrons. The van der Waals surface area contributed by atoms with Crippen LogP contribution in [0.25, 0.3) is 10.2 Å². The summed E-state index contributed by atoms with van der Waals surface area (Å²) in [6, 6.07) is 3.98. The van der Waals surface area contributed by atoms with Gasteiger partial charge in [0.1, 0.15) is 15.9 Å². The lowest BCUT2D eigenvalue weighted by atomic mass is 10.1. The van der Waals surface area contributed by atoms with Gasteiger partial charge in [0.2, 0.25) is 5.91 Å². The van der Waals surface area contributed by atoms with Gasteiger partial charge in [-0.3, -0.25) is 9.59 Å². The molecule has 5 nitrogen and oxygen atoms in total. The maximum absolute atomic E-state index is 13.2. The number of carbonyl (C=O) groups is 2. The summed E-state index contributed by atoms with van der Waals surface area (Å²) >= 11 is 7.59. The minimum atomic E-state index is -0.537. The Labute approximate surface area is 162 Å². The van der Waals surface area contributed by atoms with Crippen LogP contribution >= 0.6 is 22.9 Å². The lowest BCUT2D eigenvalue weighted by Crippen LogP contribution is -2.56. The van der Waals surface area contributed by atoms with Gasteiger partial charge >= 0.3 is 0 Å². The van der Waals surface area contributed by atoms with Gasteiger partial charge in [-0.1, -0.05) is 12.2 Å². The third-order valence-corrected chi connectivity index (χ3v) is 5.92. The highest BCUT2D eigenvalue weighted by Crippen LogP contribution is 2.27. The van der Waals surface area contributed by atoms with Gasteiger partial charge in [-0.2, -0.15) is 0 Å². The quantitative estimate of drug-likeness (QED) is 0.588. The number of alkyl halides is 1. The molecular formula is C19H24ClN3O2S. The summed E-state index contributed by atoms with van der Waals surface area (Å²) < 4.78 is 2.07. The van der Waals surface area contributed by atoms with E-state index < -0.39 is 5.38 Å². The molecule has 0 saturated carbocycles. The number of allylic oxidation sites excluding steroid dienone is 2. The Morgan fingerprint density at radius 1 is 1.42 bits per heavy atom. The normalized spacial score (nSPS) is 19.5. The molecule has 3 rings (SSSR count). The topological polar surface area (TPSA) is 45.6 Å². The second-order valence-electron chi connectivity index (χ2n) is 6.64. The number of rotatable bonds is 4. The third kappa shape index (κ3) is 3.53. The number of aromatic nitrogens is 1. The lowest BCUT2D eigenvalue weighted by Gasteiger charge is -2.40. The maximum Gasteiger partial charge on any atom is 0.270 e. The molecule has 140 valence electrons. The van der Waals surface area contributed by atoms with E-state index in [0.717, 1.165) is 10.2 Å². The Balaban J connectivity index is 1.81. The van der Waals surface area contributed by atoms with E-state index in [0.29, 0.717) is 31.9 Å². The average Bonchev–Trinajstić information content (AvgIpc) is 3.20. The summed E-state index contributed by atoms with van der Waals surface area (Å²) in [4.78, 5) is 30.1. The van der Waals surface area contributed by atoms with Gasteiger partial charge in [-0.05, 0) is 38.3 Å². The molecule has 0 unspecified atom stereocenters. The van der Waals surface area contributed by atoms with Crippen LogP contribution in [0.15, 0.2) is 29.7 Å². The number of hydrogen-bond donors (Lipinski definition) is 0. The zero-order valence-corrected chi connectivity index (χ0v) is 16.9. The van der Waals surface area contributed by atoms with E-state index in [2.05, 4.69) is 10.6 Å². The summed E-state index contributed by atoms with van der Waals surface area (Å²) in [5.41, 5.74) is 0.711. The van der Waals surface area contributed by atoms with Crippen molar-refractivity contribution in [1.29, 1.82) is 0 Å². The number of hydrogen-bond acceptors (Lipinski definition) is 3. The highest BCUT2D eigenvalue weighted by Gasteiger charge is 2.32. The SMILES string of the molecule is C/C=C\Cn1c(C(=O)N2CCN(C(=O)[C@H](C)Cl)[C@H](C)C2)cc2ccsc21. The van der Waals surface area contributed by atoms with Gasteiger partial charge < -0.3 is 14.4 Å². The molecule has 26 heavy (non-hydrogen) atoms. The van der Waals surface area contributed by atoms with E-state index in [1.54, 1.807) is 23.2 Å². The standard InChI is InChI=1S/C19H24ClN3O2S/c1-4-5-7-23-16(11-15-6-10-26-19(15)23)18(25)21-8-9-22(13(2)12-21)17(24)14(3)20/h4-6,10-11,13-14H,7-9,12H2,1-3H3/b5-4-/t13-,14+/m1/s1. The number of fused-ring (bicyclic) bond motifs is 1. The predicted octanol–water partition coefficient (Wildman–Crippen LogP) is 3.58. The van der Waals surface area contributed by atoms with Crippen LogP contribution < -0.4 is 0 Å². The Kier molecular flexibility index (Phi) is 5.73. The van der Waals surface area contributed by atoms with Crippen molar-refractivity contribution in [3.05, 3.63) is 35.4 Å². The highest BCUT2D eigenvalue weighted by molar-refractivity contribution is 7.16. The number of amides is 2. The summed E-state index contributed by atoms with van der Waals surface area (Å²) in [5.74, 6) is -0.0426. The first-order valence-electron chi connectivity index (χ1n) is 8.85. The Bertz CT molecular complexity index is 839. The van der Waals surface area contributed by atoms with Crippen LogP contribution in [0.2, 0.25) is 0 Å². The first-order chi connectivity index (χ1) is 12.4. The van der Waals surface area contributed by atoms with E-state index in [1.165, 1.54) is 0 Å². The number of halogens is 1. The molecule has 3 heterocycles.